The maximum atomic E-state index is 13.0. The Bertz CT molecular complexity index is 633. The van der Waals surface area contributed by atoms with E-state index in [-0.39, 0.29) is 35.7 Å². The lowest BCUT2D eigenvalue weighted by Gasteiger charge is -2.17. The predicted molar refractivity (Wildman–Crippen MR) is 78.6 cm³/mol. The van der Waals surface area contributed by atoms with Gasteiger partial charge in [-0.1, -0.05) is 13.8 Å². The molecule has 0 heterocycles. The molecule has 0 unspecified atom stereocenters. The van der Waals surface area contributed by atoms with Gasteiger partial charge in [-0.15, -0.1) is 0 Å². The standard InChI is InChI=1S/C14H20F2N2O3S/c1-9(2)10(3)18-14(19)6-7-17-22(20,21)11-4-5-12(15)13(16)8-11/h4-5,8-10,17H,6-7H2,1-3H3,(H,18,19)/t10-/m0/s1. The van der Waals surface area contributed by atoms with Crippen LogP contribution in [0.4, 0.5) is 8.78 Å². The van der Waals surface area contributed by atoms with Crippen LogP contribution in [0.2, 0.25) is 0 Å². The van der Waals surface area contributed by atoms with Crippen LogP contribution >= 0.6 is 0 Å². The van der Waals surface area contributed by atoms with E-state index in [0.29, 0.717) is 6.07 Å². The fourth-order valence-electron chi connectivity index (χ4n) is 1.52. The number of hydrogen-bond acceptors (Lipinski definition) is 3. The molecule has 1 amide bonds. The van der Waals surface area contributed by atoms with Crippen molar-refractivity contribution in [3.05, 3.63) is 29.8 Å². The van der Waals surface area contributed by atoms with E-state index < -0.39 is 21.7 Å². The number of halogens is 2. The van der Waals surface area contributed by atoms with Gasteiger partial charge in [0.1, 0.15) is 0 Å². The smallest absolute Gasteiger partial charge is 0.240 e. The first-order chi connectivity index (χ1) is 10.1. The molecule has 124 valence electrons. The summed E-state index contributed by atoms with van der Waals surface area (Å²) in [4.78, 5) is 11.2. The van der Waals surface area contributed by atoms with Crippen LogP contribution in [0.1, 0.15) is 27.2 Å². The molecule has 1 aromatic rings. The second kappa shape index (κ2) is 7.64. The highest BCUT2D eigenvalue weighted by atomic mass is 32.2. The van der Waals surface area contributed by atoms with E-state index in [0.717, 1.165) is 12.1 Å². The molecule has 0 spiro atoms. The van der Waals surface area contributed by atoms with Crippen LogP contribution in [0.15, 0.2) is 23.1 Å². The van der Waals surface area contributed by atoms with Crippen LogP contribution in [0.5, 0.6) is 0 Å². The highest BCUT2D eigenvalue weighted by molar-refractivity contribution is 7.89. The fourth-order valence-corrected chi connectivity index (χ4v) is 2.56. The van der Waals surface area contributed by atoms with Gasteiger partial charge >= 0.3 is 0 Å². The number of nitrogens with one attached hydrogen (secondary N) is 2. The van der Waals surface area contributed by atoms with Crippen molar-refractivity contribution >= 4 is 15.9 Å². The molecule has 0 saturated heterocycles. The minimum absolute atomic E-state index is 0.0182. The van der Waals surface area contributed by atoms with E-state index >= 15 is 0 Å². The van der Waals surface area contributed by atoms with Gasteiger partial charge in [-0.2, -0.15) is 0 Å². The first kappa shape index (κ1) is 18.5. The van der Waals surface area contributed by atoms with E-state index in [1.807, 2.05) is 20.8 Å². The molecule has 5 nitrogen and oxygen atoms in total. The quantitative estimate of drug-likeness (QED) is 0.798. The number of rotatable bonds is 7. The lowest BCUT2D eigenvalue weighted by atomic mass is 10.1. The van der Waals surface area contributed by atoms with Gasteiger partial charge in [0.25, 0.3) is 0 Å². The molecule has 1 rings (SSSR count). The highest BCUT2D eigenvalue weighted by Crippen LogP contribution is 2.13. The summed E-state index contributed by atoms with van der Waals surface area (Å²) in [5.41, 5.74) is 0. The molecule has 0 saturated carbocycles. The normalized spacial score (nSPS) is 13.2. The van der Waals surface area contributed by atoms with Crippen molar-refractivity contribution < 1.29 is 22.0 Å². The van der Waals surface area contributed by atoms with Gasteiger partial charge in [0.15, 0.2) is 11.6 Å². The van der Waals surface area contributed by atoms with Crippen molar-refractivity contribution in [3.8, 4) is 0 Å². The van der Waals surface area contributed by atoms with Gasteiger partial charge in [-0.3, -0.25) is 4.79 Å². The number of sulfonamides is 1. The van der Waals surface area contributed by atoms with Gasteiger partial charge in [0.2, 0.25) is 15.9 Å². The molecule has 0 aliphatic rings. The zero-order valence-electron chi connectivity index (χ0n) is 12.7. The molecule has 2 N–H and O–H groups in total. The van der Waals surface area contributed by atoms with Gasteiger partial charge in [0, 0.05) is 19.0 Å². The van der Waals surface area contributed by atoms with Crippen molar-refractivity contribution in [1.82, 2.24) is 10.0 Å². The number of benzene rings is 1. The van der Waals surface area contributed by atoms with Crippen LogP contribution in [0.3, 0.4) is 0 Å². The summed E-state index contributed by atoms with van der Waals surface area (Å²) >= 11 is 0. The van der Waals surface area contributed by atoms with Crippen molar-refractivity contribution in [1.29, 1.82) is 0 Å². The van der Waals surface area contributed by atoms with E-state index in [1.165, 1.54) is 0 Å². The molecule has 1 aromatic carbocycles. The van der Waals surface area contributed by atoms with Gasteiger partial charge in [-0.05, 0) is 31.0 Å². The average molecular weight is 334 g/mol. The summed E-state index contributed by atoms with van der Waals surface area (Å²) in [6.45, 7) is 5.64. The van der Waals surface area contributed by atoms with Gasteiger partial charge in [-0.25, -0.2) is 21.9 Å². The molecule has 0 aromatic heterocycles. The van der Waals surface area contributed by atoms with Gasteiger partial charge in [0.05, 0.1) is 4.90 Å². The third-order valence-electron chi connectivity index (χ3n) is 3.23. The van der Waals surface area contributed by atoms with E-state index in [2.05, 4.69) is 10.0 Å². The van der Waals surface area contributed by atoms with Gasteiger partial charge < -0.3 is 5.32 Å². The Morgan fingerprint density at radius 3 is 2.36 bits per heavy atom. The third kappa shape index (κ3) is 5.34. The first-order valence-electron chi connectivity index (χ1n) is 6.87. The van der Waals surface area contributed by atoms with E-state index in [1.54, 1.807) is 0 Å². The number of carbonyl (C=O) groups is 1. The fraction of sp³-hybridized carbons (Fsp3) is 0.500. The Morgan fingerprint density at radius 1 is 1.18 bits per heavy atom. The van der Waals surface area contributed by atoms with Crippen LogP contribution in [-0.4, -0.2) is 26.9 Å². The molecular formula is C14H20F2N2O3S. The molecule has 8 heteroatoms. The molecule has 0 aliphatic carbocycles. The van der Waals surface area contributed by atoms with Crippen LogP contribution in [0.25, 0.3) is 0 Å². The minimum atomic E-state index is -3.98. The van der Waals surface area contributed by atoms with Crippen LogP contribution in [-0.2, 0) is 14.8 Å². The molecule has 0 bridgehead atoms. The first-order valence-corrected chi connectivity index (χ1v) is 8.36. The lowest BCUT2D eigenvalue weighted by molar-refractivity contribution is -0.121. The molecule has 22 heavy (non-hydrogen) atoms. The molecule has 0 radical (unpaired) electrons. The number of amides is 1. The number of hydrogen-bond donors (Lipinski definition) is 2. The summed E-state index contributed by atoms with van der Waals surface area (Å²) in [5.74, 6) is -2.38. The van der Waals surface area contributed by atoms with Crippen molar-refractivity contribution in [2.75, 3.05) is 6.54 Å². The zero-order chi connectivity index (χ0) is 16.9. The summed E-state index contributed by atoms with van der Waals surface area (Å²) in [6.07, 6.45) is -0.0417. The molecule has 0 aliphatic heterocycles. The summed E-state index contributed by atoms with van der Waals surface area (Å²) in [5, 5.41) is 2.74. The van der Waals surface area contributed by atoms with Crippen LogP contribution < -0.4 is 10.0 Å². The Morgan fingerprint density at radius 2 is 1.82 bits per heavy atom. The second-order valence-corrected chi connectivity index (χ2v) is 7.09. The minimum Gasteiger partial charge on any atom is -0.353 e. The summed E-state index contributed by atoms with van der Waals surface area (Å²) in [7, 11) is -3.98. The van der Waals surface area contributed by atoms with E-state index in [9.17, 15) is 22.0 Å². The highest BCUT2D eigenvalue weighted by Gasteiger charge is 2.17. The van der Waals surface area contributed by atoms with Crippen molar-refractivity contribution in [3.63, 3.8) is 0 Å². The Kier molecular flexibility index (Phi) is 6.43. The van der Waals surface area contributed by atoms with Crippen molar-refractivity contribution in [2.24, 2.45) is 5.92 Å². The Hall–Kier alpha value is -1.54. The molecule has 0 fully saturated rings. The predicted octanol–water partition coefficient (Wildman–Crippen LogP) is 1.79. The molecule has 1 atom stereocenters. The lowest BCUT2D eigenvalue weighted by Crippen LogP contribution is -2.38. The number of carbonyl (C=O) groups excluding carboxylic acids is 1. The largest absolute Gasteiger partial charge is 0.353 e. The SMILES string of the molecule is CC(C)[C@H](C)NC(=O)CCNS(=O)(=O)c1ccc(F)c(F)c1. The Balaban J connectivity index is 2.56. The summed E-state index contributed by atoms with van der Waals surface area (Å²) in [6, 6.07) is 2.27. The summed E-state index contributed by atoms with van der Waals surface area (Å²) < 4.78 is 51.8. The zero-order valence-corrected chi connectivity index (χ0v) is 13.5. The Labute approximate surface area is 129 Å². The molecular weight excluding hydrogens is 314 g/mol. The topological polar surface area (TPSA) is 75.3 Å². The van der Waals surface area contributed by atoms with Crippen molar-refractivity contribution in [2.45, 2.75) is 38.1 Å². The maximum Gasteiger partial charge on any atom is 0.240 e. The third-order valence-corrected chi connectivity index (χ3v) is 4.69. The van der Waals surface area contributed by atoms with Crippen LogP contribution in [0, 0.1) is 17.6 Å². The second-order valence-electron chi connectivity index (χ2n) is 5.32. The monoisotopic (exact) mass is 334 g/mol. The maximum absolute atomic E-state index is 13.0. The average Bonchev–Trinajstić information content (AvgIpc) is 2.41. The van der Waals surface area contributed by atoms with E-state index in [4.69, 9.17) is 0 Å².